The Bertz CT molecular complexity index is 361. The van der Waals surface area contributed by atoms with Crippen molar-refractivity contribution in [3.8, 4) is 0 Å². The molecule has 2 aliphatic carbocycles. The molecule has 16 heavy (non-hydrogen) atoms. The molecule has 2 fully saturated rings. The Labute approximate surface area is 96.7 Å². The van der Waals surface area contributed by atoms with Gasteiger partial charge in [-0.25, -0.2) is 4.98 Å². The molecule has 2 aliphatic rings. The topological polar surface area (TPSA) is 37.8 Å². The predicted molar refractivity (Wildman–Crippen MR) is 64.5 cm³/mol. The molecule has 3 heteroatoms. The first-order valence-corrected chi connectivity index (χ1v) is 6.35. The number of hydrogen-bond acceptors (Lipinski definition) is 3. The van der Waals surface area contributed by atoms with Gasteiger partial charge in [0.1, 0.15) is 5.82 Å². The van der Waals surface area contributed by atoms with Gasteiger partial charge in [-0.3, -0.25) is 4.98 Å². The molecule has 3 rings (SSSR count). The van der Waals surface area contributed by atoms with Gasteiger partial charge in [0.05, 0.1) is 18.1 Å². The van der Waals surface area contributed by atoms with Crippen LogP contribution in [0.15, 0.2) is 12.4 Å². The van der Waals surface area contributed by atoms with Crippen molar-refractivity contribution in [3.05, 3.63) is 18.1 Å². The number of aromatic nitrogens is 2. The Kier molecular flexibility index (Phi) is 2.34. The molecule has 0 saturated heterocycles. The Balaban J connectivity index is 1.69. The van der Waals surface area contributed by atoms with Crippen LogP contribution in [0.4, 0.5) is 5.82 Å². The van der Waals surface area contributed by atoms with Crippen LogP contribution < -0.4 is 5.32 Å². The van der Waals surface area contributed by atoms with Crippen LogP contribution in [0, 0.1) is 0 Å². The number of rotatable bonds is 3. The van der Waals surface area contributed by atoms with Crippen molar-refractivity contribution in [2.24, 2.45) is 0 Å². The lowest BCUT2D eigenvalue weighted by atomic mass is 10.0. The van der Waals surface area contributed by atoms with E-state index >= 15 is 0 Å². The third-order valence-corrected chi connectivity index (χ3v) is 3.80. The summed E-state index contributed by atoms with van der Waals surface area (Å²) in [4.78, 5) is 8.96. The zero-order valence-corrected chi connectivity index (χ0v) is 9.87. The van der Waals surface area contributed by atoms with Gasteiger partial charge < -0.3 is 5.32 Å². The number of hydrogen-bond donors (Lipinski definition) is 1. The summed E-state index contributed by atoms with van der Waals surface area (Å²) < 4.78 is 0. The average Bonchev–Trinajstić information content (AvgIpc) is 3.04. The molecular formula is C13H19N3. The van der Waals surface area contributed by atoms with Crippen molar-refractivity contribution in [2.45, 2.75) is 56.9 Å². The fourth-order valence-corrected chi connectivity index (χ4v) is 2.58. The first-order valence-electron chi connectivity index (χ1n) is 6.35. The van der Waals surface area contributed by atoms with Crippen molar-refractivity contribution >= 4 is 5.82 Å². The summed E-state index contributed by atoms with van der Waals surface area (Å²) in [6.45, 7) is 2.29. The second-order valence-corrected chi connectivity index (χ2v) is 5.49. The van der Waals surface area contributed by atoms with Gasteiger partial charge in [0.2, 0.25) is 0 Å². The van der Waals surface area contributed by atoms with E-state index in [0.717, 1.165) is 5.82 Å². The summed E-state index contributed by atoms with van der Waals surface area (Å²) in [5.74, 6) is 1.64. The van der Waals surface area contributed by atoms with Crippen LogP contribution in [0.5, 0.6) is 0 Å². The van der Waals surface area contributed by atoms with Crippen LogP contribution in [-0.4, -0.2) is 15.5 Å². The summed E-state index contributed by atoms with van der Waals surface area (Å²) in [6.07, 6.45) is 11.6. The highest BCUT2D eigenvalue weighted by Gasteiger charge is 2.29. The Morgan fingerprint density at radius 2 is 1.94 bits per heavy atom. The Morgan fingerprint density at radius 1 is 1.19 bits per heavy atom. The molecule has 0 unspecified atom stereocenters. The van der Waals surface area contributed by atoms with Gasteiger partial charge in [-0.1, -0.05) is 12.8 Å². The molecule has 0 radical (unpaired) electrons. The van der Waals surface area contributed by atoms with Crippen LogP contribution in [-0.2, 0) is 0 Å². The fourth-order valence-electron chi connectivity index (χ4n) is 2.58. The minimum Gasteiger partial charge on any atom is -0.364 e. The molecule has 1 aromatic rings. The van der Waals surface area contributed by atoms with Crippen LogP contribution >= 0.6 is 0 Å². The summed E-state index contributed by atoms with van der Waals surface area (Å²) in [7, 11) is 0. The first-order chi connectivity index (χ1) is 7.75. The lowest BCUT2D eigenvalue weighted by molar-refractivity contribution is 0.530. The second-order valence-electron chi connectivity index (χ2n) is 5.49. The van der Waals surface area contributed by atoms with Crippen molar-refractivity contribution in [1.29, 1.82) is 0 Å². The molecular weight excluding hydrogens is 198 g/mol. The van der Waals surface area contributed by atoms with Crippen LogP contribution in [0.2, 0.25) is 0 Å². The molecule has 0 amide bonds. The van der Waals surface area contributed by atoms with E-state index in [9.17, 15) is 0 Å². The minimum atomic E-state index is 0.246. The lowest BCUT2D eigenvalue weighted by Crippen LogP contribution is -2.31. The van der Waals surface area contributed by atoms with E-state index in [0.29, 0.717) is 5.92 Å². The second kappa shape index (κ2) is 3.72. The van der Waals surface area contributed by atoms with Crippen molar-refractivity contribution in [1.82, 2.24) is 9.97 Å². The predicted octanol–water partition coefficient (Wildman–Crippen LogP) is 3.10. The Hall–Kier alpha value is -1.12. The fraction of sp³-hybridized carbons (Fsp3) is 0.692. The highest BCUT2D eigenvalue weighted by atomic mass is 15.1. The molecule has 86 valence electrons. The first kappa shape index (κ1) is 10.1. The molecule has 0 aromatic carbocycles. The van der Waals surface area contributed by atoms with Gasteiger partial charge in [-0.15, -0.1) is 0 Å². The van der Waals surface area contributed by atoms with E-state index < -0.39 is 0 Å². The van der Waals surface area contributed by atoms with E-state index in [2.05, 4.69) is 22.2 Å². The average molecular weight is 217 g/mol. The molecule has 1 aromatic heterocycles. The van der Waals surface area contributed by atoms with Crippen LogP contribution in [0.25, 0.3) is 0 Å². The zero-order chi connectivity index (χ0) is 11.0. The molecule has 1 heterocycles. The minimum absolute atomic E-state index is 0.246. The summed E-state index contributed by atoms with van der Waals surface area (Å²) in [6, 6.07) is 0. The maximum Gasteiger partial charge on any atom is 0.144 e. The molecule has 2 saturated carbocycles. The summed E-state index contributed by atoms with van der Waals surface area (Å²) in [5, 5.41) is 3.53. The van der Waals surface area contributed by atoms with Crippen molar-refractivity contribution in [3.63, 3.8) is 0 Å². The lowest BCUT2D eigenvalue weighted by Gasteiger charge is -2.25. The zero-order valence-electron chi connectivity index (χ0n) is 9.87. The van der Waals surface area contributed by atoms with Crippen molar-refractivity contribution < 1.29 is 0 Å². The molecule has 0 bridgehead atoms. The third-order valence-electron chi connectivity index (χ3n) is 3.80. The van der Waals surface area contributed by atoms with Crippen molar-refractivity contribution in [2.75, 3.05) is 5.32 Å². The standard InChI is InChI=1S/C13H19N3/c1-13(6-2-3-7-13)16-12-9-14-11(8-15-12)10-4-5-10/h8-10H,2-7H2,1H3,(H,15,16). The maximum absolute atomic E-state index is 4.49. The van der Waals surface area contributed by atoms with Crippen LogP contribution in [0.1, 0.15) is 57.1 Å². The van der Waals surface area contributed by atoms with E-state index in [1.165, 1.54) is 44.2 Å². The van der Waals surface area contributed by atoms with E-state index in [1.54, 1.807) is 0 Å². The number of anilines is 1. The number of nitrogens with zero attached hydrogens (tertiary/aromatic N) is 2. The highest BCUT2D eigenvalue weighted by Crippen LogP contribution is 2.38. The largest absolute Gasteiger partial charge is 0.364 e. The van der Waals surface area contributed by atoms with Gasteiger partial charge in [-0.2, -0.15) is 0 Å². The van der Waals surface area contributed by atoms with Crippen LogP contribution in [0.3, 0.4) is 0 Å². The van der Waals surface area contributed by atoms with E-state index in [1.807, 2.05) is 12.4 Å². The third kappa shape index (κ3) is 2.04. The van der Waals surface area contributed by atoms with Gasteiger partial charge in [0.15, 0.2) is 0 Å². The van der Waals surface area contributed by atoms with Gasteiger partial charge in [0, 0.05) is 11.5 Å². The van der Waals surface area contributed by atoms with Gasteiger partial charge in [-0.05, 0) is 32.6 Å². The van der Waals surface area contributed by atoms with Gasteiger partial charge in [0.25, 0.3) is 0 Å². The molecule has 0 atom stereocenters. The SMILES string of the molecule is CC1(Nc2cnc(C3CC3)cn2)CCCC1. The normalized spacial score (nSPS) is 23.3. The number of nitrogens with one attached hydrogen (secondary N) is 1. The molecule has 0 aliphatic heterocycles. The molecule has 1 N–H and O–H groups in total. The van der Waals surface area contributed by atoms with E-state index in [-0.39, 0.29) is 5.54 Å². The summed E-state index contributed by atoms with van der Waals surface area (Å²) >= 11 is 0. The van der Waals surface area contributed by atoms with Gasteiger partial charge >= 0.3 is 0 Å². The molecule has 0 spiro atoms. The smallest absolute Gasteiger partial charge is 0.144 e. The summed E-state index contributed by atoms with van der Waals surface area (Å²) in [5.41, 5.74) is 1.41. The quantitative estimate of drug-likeness (QED) is 0.845. The Morgan fingerprint density at radius 3 is 2.50 bits per heavy atom. The monoisotopic (exact) mass is 217 g/mol. The molecule has 3 nitrogen and oxygen atoms in total. The highest BCUT2D eigenvalue weighted by molar-refractivity contribution is 5.36. The maximum atomic E-state index is 4.49. The van der Waals surface area contributed by atoms with E-state index in [4.69, 9.17) is 0 Å².